The minimum atomic E-state index is 0. The lowest BCUT2D eigenvalue weighted by Crippen LogP contribution is -2.41. The second-order valence-corrected chi connectivity index (χ2v) is 8.50. The lowest BCUT2D eigenvalue weighted by Gasteiger charge is -2.29. The molecule has 8 heteroatoms. The Labute approximate surface area is 203 Å². The fourth-order valence-corrected chi connectivity index (χ4v) is 4.74. The van der Waals surface area contributed by atoms with E-state index in [0.29, 0.717) is 13.1 Å². The normalized spacial score (nSPS) is 21.6. The monoisotopic (exact) mass is 541 g/mol. The first-order valence-electron chi connectivity index (χ1n) is 11.5. The molecule has 0 spiro atoms. The highest BCUT2D eigenvalue weighted by molar-refractivity contribution is 14.0. The quantitative estimate of drug-likeness (QED) is 0.249. The van der Waals surface area contributed by atoms with E-state index in [-0.39, 0.29) is 36.5 Å². The predicted molar refractivity (Wildman–Crippen MR) is 136 cm³/mol. The van der Waals surface area contributed by atoms with Crippen LogP contribution in [0.5, 0.6) is 5.75 Å². The van der Waals surface area contributed by atoms with Gasteiger partial charge in [-0.05, 0) is 63.7 Å². The molecular formula is C23H36IN5O2. The zero-order valence-electron chi connectivity index (χ0n) is 18.6. The number of para-hydroxylation sites is 2. The third-order valence-electron chi connectivity index (χ3n) is 6.25. The zero-order valence-corrected chi connectivity index (χ0v) is 20.9. The molecule has 3 aliphatic rings. The second-order valence-electron chi connectivity index (χ2n) is 8.50. The van der Waals surface area contributed by atoms with E-state index in [4.69, 9.17) is 9.73 Å². The number of guanidine groups is 1. The van der Waals surface area contributed by atoms with Crippen LogP contribution in [-0.4, -0.2) is 80.6 Å². The van der Waals surface area contributed by atoms with Gasteiger partial charge in [0.15, 0.2) is 12.6 Å². The molecule has 3 heterocycles. The van der Waals surface area contributed by atoms with Gasteiger partial charge >= 0.3 is 0 Å². The lowest BCUT2D eigenvalue weighted by atomic mass is 10.1. The van der Waals surface area contributed by atoms with E-state index >= 15 is 0 Å². The summed E-state index contributed by atoms with van der Waals surface area (Å²) in [6.07, 6.45) is 4.80. The maximum Gasteiger partial charge on any atom is 0.265 e. The number of carbonyl (C=O) groups is 1. The van der Waals surface area contributed by atoms with Crippen molar-refractivity contribution >= 4 is 41.5 Å². The van der Waals surface area contributed by atoms with Gasteiger partial charge in [-0.25, -0.2) is 0 Å². The van der Waals surface area contributed by atoms with Gasteiger partial charge in [-0.15, -0.1) is 24.0 Å². The number of benzene rings is 1. The Bertz CT molecular complexity index is 753. The molecule has 1 N–H and O–H groups in total. The van der Waals surface area contributed by atoms with Crippen molar-refractivity contribution in [1.82, 2.24) is 15.1 Å². The topological polar surface area (TPSA) is 60.4 Å². The van der Waals surface area contributed by atoms with Crippen molar-refractivity contribution in [1.29, 1.82) is 0 Å². The van der Waals surface area contributed by atoms with Crippen molar-refractivity contribution in [2.24, 2.45) is 10.9 Å². The molecule has 1 unspecified atom stereocenters. The highest BCUT2D eigenvalue weighted by Gasteiger charge is 2.28. The predicted octanol–water partition coefficient (Wildman–Crippen LogP) is 2.80. The maximum atomic E-state index is 12.3. The summed E-state index contributed by atoms with van der Waals surface area (Å²) in [6, 6.07) is 7.75. The first-order chi connectivity index (χ1) is 14.7. The van der Waals surface area contributed by atoms with Crippen molar-refractivity contribution in [2.75, 3.05) is 63.9 Å². The van der Waals surface area contributed by atoms with Crippen LogP contribution in [0, 0.1) is 5.92 Å². The van der Waals surface area contributed by atoms with Crippen LogP contribution in [0.3, 0.4) is 0 Å². The molecule has 3 aliphatic heterocycles. The standard InChI is InChI=1S/C23H35N5O2.HI/c1-2-24-23(27-15-10-19(17-27)16-26-12-5-6-13-26)25-11-7-14-28-20-8-3-4-9-21(20)30-18-22(28)29;/h3-4,8-9,19H,2,5-7,10-18H2,1H3,(H,24,25);1H. The highest BCUT2D eigenvalue weighted by atomic mass is 127. The molecule has 0 bridgehead atoms. The average molecular weight is 541 g/mol. The molecule has 7 nitrogen and oxygen atoms in total. The number of nitrogens with zero attached hydrogens (tertiary/aromatic N) is 4. The van der Waals surface area contributed by atoms with Crippen LogP contribution in [0.1, 0.15) is 32.6 Å². The molecule has 31 heavy (non-hydrogen) atoms. The van der Waals surface area contributed by atoms with Crippen LogP contribution in [-0.2, 0) is 4.79 Å². The summed E-state index contributed by atoms with van der Waals surface area (Å²) >= 11 is 0. The molecule has 0 saturated carbocycles. The van der Waals surface area contributed by atoms with Gasteiger partial charge in [0.25, 0.3) is 5.91 Å². The Morgan fingerprint density at radius 1 is 1.23 bits per heavy atom. The number of ether oxygens (including phenoxy) is 1. The van der Waals surface area contributed by atoms with Gasteiger partial charge in [0.2, 0.25) is 0 Å². The number of nitrogens with one attached hydrogen (secondary N) is 1. The number of anilines is 1. The van der Waals surface area contributed by atoms with Gasteiger partial charge < -0.3 is 24.8 Å². The smallest absolute Gasteiger partial charge is 0.265 e. The number of aliphatic imine (C=N–C) groups is 1. The summed E-state index contributed by atoms with van der Waals surface area (Å²) in [5.74, 6) is 2.58. The summed E-state index contributed by atoms with van der Waals surface area (Å²) in [5.41, 5.74) is 0.869. The molecule has 1 aromatic carbocycles. The van der Waals surface area contributed by atoms with Crippen LogP contribution >= 0.6 is 24.0 Å². The number of fused-ring (bicyclic) bond motifs is 1. The molecule has 2 saturated heterocycles. The minimum Gasteiger partial charge on any atom is -0.482 e. The number of likely N-dealkylation sites (tertiary alicyclic amines) is 2. The number of amides is 1. The van der Waals surface area contributed by atoms with Crippen molar-refractivity contribution in [3.63, 3.8) is 0 Å². The van der Waals surface area contributed by atoms with Crippen molar-refractivity contribution in [2.45, 2.75) is 32.6 Å². The molecule has 1 aromatic rings. The number of halogens is 1. The number of rotatable bonds is 7. The van der Waals surface area contributed by atoms with E-state index in [1.165, 1.54) is 38.9 Å². The van der Waals surface area contributed by atoms with Crippen LogP contribution in [0.2, 0.25) is 0 Å². The lowest BCUT2D eigenvalue weighted by molar-refractivity contribution is -0.121. The summed E-state index contributed by atoms with van der Waals surface area (Å²) in [7, 11) is 0. The van der Waals surface area contributed by atoms with E-state index < -0.39 is 0 Å². The molecule has 172 valence electrons. The van der Waals surface area contributed by atoms with Gasteiger partial charge in [0, 0.05) is 39.3 Å². The van der Waals surface area contributed by atoms with E-state index in [1.54, 1.807) is 0 Å². The third kappa shape index (κ3) is 6.25. The third-order valence-corrected chi connectivity index (χ3v) is 6.25. The number of carbonyl (C=O) groups excluding carboxylic acids is 1. The molecular weight excluding hydrogens is 505 g/mol. The molecule has 0 radical (unpaired) electrons. The van der Waals surface area contributed by atoms with Gasteiger partial charge in [-0.1, -0.05) is 12.1 Å². The second kappa shape index (κ2) is 11.9. The van der Waals surface area contributed by atoms with Crippen molar-refractivity contribution < 1.29 is 9.53 Å². The van der Waals surface area contributed by atoms with Crippen LogP contribution < -0.4 is 15.0 Å². The van der Waals surface area contributed by atoms with Crippen molar-refractivity contribution in [3.8, 4) is 5.75 Å². The van der Waals surface area contributed by atoms with Gasteiger partial charge in [0.1, 0.15) is 5.75 Å². The zero-order chi connectivity index (χ0) is 20.8. The molecule has 0 aliphatic carbocycles. The van der Waals surface area contributed by atoms with E-state index in [1.807, 2.05) is 29.2 Å². The van der Waals surface area contributed by atoms with Crippen molar-refractivity contribution in [3.05, 3.63) is 24.3 Å². The minimum absolute atomic E-state index is 0. The first-order valence-corrected chi connectivity index (χ1v) is 11.5. The number of hydrogen-bond acceptors (Lipinski definition) is 4. The van der Waals surface area contributed by atoms with Gasteiger partial charge in [0.05, 0.1) is 5.69 Å². The Morgan fingerprint density at radius 2 is 2.03 bits per heavy atom. The summed E-state index contributed by atoms with van der Waals surface area (Å²) in [6.45, 7) is 10.4. The molecule has 4 rings (SSSR count). The summed E-state index contributed by atoms with van der Waals surface area (Å²) < 4.78 is 5.53. The fraction of sp³-hybridized carbons (Fsp3) is 0.652. The first kappa shape index (κ1) is 24.1. The van der Waals surface area contributed by atoms with Crippen LogP contribution in [0.25, 0.3) is 0 Å². The molecule has 0 aromatic heterocycles. The molecule has 1 amide bonds. The van der Waals surface area contributed by atoms with E-state index in [0.717, 1.165) is 49.4 Å². The molecule has 1 atom stereocenters. The SMILES string of the molecule is CCNC(=NCCCN1C(=O)COc2ccccc21)N1CCC(CN2CCCC2)C1.I. The summed E-state index contributed by atoms with van der Waals surface area (Å²) in [5, 5.41) is 3.46. The van der Waals surface area contributed by atoms with Gasteiger partial charge in [-0.3, -0.25) is 9.79 Å². The Morgan fingerprint density at radius 3 is 2.84 bits per heavy atom. The molecule has 2 fully saturated rings. The highest BCUT2D eigenvalue weighted by Crippen LogP contribution is 2.31. The Hall–Kier alpha value is -1.55. The van der Waals surface area contributed by atoms with E-state index in [9.17, 15) is 4.79 Å². The summed E-state index contributed by atoms with van der Waals surface area (Å²) in [4.78, 5) is 24.1. The fourth-order valence-electron chi connectivity index (χ4n) is 4.74. The largest absolute Gasteiger partial charge is 0.482 e. The average Bonchev–Trinajstić information content (AvgIpc) is 3.44. The van der Waals surface area contributed by atoms with E-state index in [2.05, 4.69) is 22.0 Å². The van der Waals surface area contributed by atoms with Crippen LogP contribution in [0.15, 0.2) is 29.3 Å². The Kier molecular flexibility index (Phi) is 9.25. The maximum absolute atomic E-state index is 12.3. The van der Waals surface area contributed by atoms with Crippen LogP contribution in [0.4, 0.5) is 5.69 Å². The number of hydrogen-bond donors (Lipinski definition) is 1. The Balaban J connectivity index is 0.00000272. The van der Waals surface area contributed by atoms with Gasteiger partial charge in [-0.2, -0.15) is 0 Å².